The van der Waals surface area contributed by atoms with E-state index in [0.717, 1.165) is 32.8 Å². The van der Waals surface area contributed by atoms with Crippen molar-refractivity contribution in [2.24, 2.45) is 5.10 Å². The van der Waals surface area contributed by atoms with Crippen LogP contribution in [0.3, 0.4) is 0 Å². The second-order valence-corrected chi connectivity index (χ2v) is 7.25. The molecule has 0 radical (unpaired) electrons. The van der Waals surface area contributed by atoms with Gasteiger partial charge in [-0.2, -0.15) is 18.3 Å². The molecule has 1 N–H and O–H groups in total. The molecule has 1 aromatic carbocycles. The monoisotopic (exact) mass is 396 g/mol. The van der Waals surface area contributed by atoms with Gasteiger partial charge in [-0.25, -0.2) is 5.43 Å². The zero-order valence-electron chi connectivity index (χ0n) is 13.0. The minimum Gasteiger partial charge on any atom is -0.293 e. The number of hydrazone groups is 1. The second-order valence-electron chi connectivity index (χ2n) is 5.22. The van der Waals surface area contributed by atoms with Crippen molar-refractivity contribution in [1.29, 1.82) is 0 Å². The summed E-state index contributed by atoms with van der Waals surface area (Å²) in [6.45, 7) is 0. The van der Waals surface area contributed by atoms with Crippen molar-refractivity contribution in [2.45, 2.75) is 12.6 Å². The highest BCUT2D eigenvalue weighted by Crippen LogP contribution is 2.25. The van der Waals surface area contributed by atoms with Gasteiger partial charge in [0.25, 0.3) is 5.91 Å². The lowest BCUT2D eigenvalue weighted by atomic mass is 10.1. The topological polar surface area (TPSA) is 58.5 Å². The van der Waals surface area contributed by atoms with Crippen LogP contribution in [0.25, 0.3) is 10.1 Å². The molecule has 2 aromatic heterocycles. The van der Waals surface area contributed by atoms with Gasteiger partial charge in [-0.1, -0.05) is 24.3 Å². The number of carbonyl (C=O) groups excluding carboxylic acids is 2. The van der Waals surface area contributed by atoms with Gasteiger partial charge < -0.3 is 0 Å². The number of rotatable bonds is 5. The predicted molar refractivity (Wildman–Crippen MR) is 96.0 cm³/mol. The van der Waals surface area contributed by atoms with Crippen molar-refractivity contribution in [3.63, 3.8) is 0 Å². The van der Waals surface area contributed by atoms with Gasteiger partial charge in [-0.3, -0.25) is 9.59 Å². The van der Waals surface area contributed by atoms with E-state index in [4.69, 9.17) is 0 Å². The molecule has 9 heteroatoms. The van der Waals surface area contributed by atoms with Crippen LogP contribution in [-0.4, -0.2) is 23.6 Å². The maximum absolute atomic E-state index is 13.1. The number of hydrogen-bond donors (Lipinski definition) is 1. The number of nitrogens with one attached hydrogen (secondary N) is 1. The zero-order valence-corrected chi connectivity index (χ0v) is 14.7. The zero-order chi connectivity index (χ0) is 18.7. The van der Waals surface area contributed by atoms with E-state index >= 15 is 0 Å². The molecular formula is C17H11F3N2O2S2. The van der Waals surface area contributed by atoms with Crippen molar-refractivity contribution in [2.75, 3.05) is 0 Å². The van der Waals surface area contributed by atoms with E-state index in [-0.39, 0.29) is 9.75 Å². The molecule has 0 saturated heterocycles. The van der Waals surface area contributed by atoms with Crippen LogP contribution in [0.2, 0.25) is 0 Å². The third kappa shape index (κ3) is 4.17. The van der Waals surface area contributed by atoms with Crippen LogP contribution in [-0.2, 0) is 0 Å². The van der Waals surface area contributed by atoms with E-state index in [1.54, 1.807) is 41.8 Å². The van der Waals surface area contributed by atoms with Crippen molar-refractivity contribution in [1.82, 2.24) is 5.43 Å². The minimum absolute atomic E-state index is 0.206. The lowest BCUT2D eigenvalue weighted by molar-refractivity contribution is -0.0605. The Morgan fingerprint density at radius 3 is 2.50 bits per heavy atom. The Balaban J connectivity index is 1.77. The first-order valence-corrected chi connectivity index (χ1v) is 9.03. The van der Waals surface area contributed by atoms with E-state index in [1.165, 1.54) is 6.07 Å². The molecule has 0 aliphatic carbocycles. The molecular weight excluding hydrogens is 385 g/mol. The van der Waals surface area contributed by atoms with E-state index in [2.05, 4.69) is 5.10 Å². The number of nitrogens with zero attached hydrogens (tertiary/aromatic N) is 1. The van der Waals surface area contributed by atoms with Crippen LogP contribution < -0.4 is 5.43 Å². The number of Topliss-reactive ketones (excluding diaryl/α,β-unsaturated/α-hetero) is 1. The van der Waals surface area contributed by atoms with E-state index < -0.39 is 30.0 Å². The number of fused-ring (bicyclic) bond motifs is 1. The standard InChI is InChI=1S/C17H11F3N2O2S2/c18-17(19,20)15(9-11(23)13-6-3-7-25-13)21-22-16(24)14-8-10-4-1-2-5-12(10)26-14/h1-8H,9H2,(H,22,24)/b21-15-. The lowest BCUT2D eigenvalue weighted by Gasteiger charge is -2.09. The van der Waals surface area contributed by atoms with Gasteiger partial charge in [0.1, 0.15) is 5.71 Å². The highest BCUT2D eigenvalue weighted by molar-refractivity contribution is 7.20. The Hall–Kier alpha value is -2.52. The number of hydrogen-bond acceptors (Lipinski definition) is 5. The number of benzene rings is 1. The molecule has 0 spiro atoms. The van der Waals surface area contributed by atoms with Crippen LogP contribution >= 0.6 is 22.7 Å². The molecule has 3 aromatic rings. The highest BCUT2D eigenvalue weighted by Gasteiger charge is 2.37. The molecule has 0 fully saturated rings. The Kier molecular flexibility index (Phi) is 5.19. The van der Waals surface area contributed by atoms with Crippen molar-refractivity contribution < 1.29 is 22.8 Å². The maximum atomic E-state index is 13.1. The minimum atomic E-state index is -4.82. The number of halogens is 3. The first-order valence-electron chi connectivity index (χ1n) is 7.34. The number of alkyl halides is 3. The van der Waals surface area contributed by atoms with Gasteiger partial charge in [-0.15, -0.1) is 22.7 Å². The summed E-state index contributed by atoms with van der Waals surface area (Å²) >= 11 is 2.20. The van der Waals surface area contributed by atoms with Crippen LogP contribution in [0.5, 0.6) is 0 Å². The summed E-state index contributed by atoms with van der Waals surface area (Å²) in [6, 6.07) is 11.8. The molecule has 0 aliphatic rings. The number of ketones is 1. The van der Waals surface area contributed by atoms with Crippen LogP contribution in [0.15, 0.2) is 52.9 Å². The normalized spacial score (nSPS) is 12.3. The summed E-state index contributed by atoms with van der Waals surface area (Å²) in [5.41, 5.74) is 0.566. The highest BCUT2D eigenvalue weighted by atomic mass is 32.1. The Morgan fingerprint density at radius 2 is 1.85 bits per heavy atom. The van der Waals surface area contributed by atoms with Crippen LogP contribution in [0.4, 0.5) is 13.2 Å². The third-order valence-electron chi connectivity index (χ3n) is 3.39. The number of amides is 1. The first-order chi connectivity index (χ1) is 12.3. The fourth-order valence-electron chi connectivity index (χ4n) is 2.15. The second kappa shape index (κ2) is 7.38. The number of thiophene rings is 2. The molecule has 134 valence electrons. The molecule has 2 heterocycles. The summed E-state index contributed by atoms with van der Waals surface area (Å²) in [7, 11) is 0. The lowest BCUT2D eigenvalue weighted by Crippen LogP contribution is -2.30. The molecule has 4 nitrogen and oxygen atoms in total. The quantitative estimate of drug-likeness (QED) is 0.379. The molecule has 26 heavy (non-hydrogen) atoms. The molecule has 0 aliphatic heterocycles. The Morgan fingerprint density at radius 1 is 1.08 bits per heavy atom. The predicted octanol–water partition coefficient (Wildman–Crippen LogP) is 4.88. The van der Waals surface area contributed by atoms with Crippen molar-refractivity contribution >= 4 is 50.2 Å². The molecule has 0 atom stereocenters. The van der Waals surface area contributed by atoms with Gasteiger partial charge in [0.05, 0.1) is 16.2 Å². The maximum Gasteiger partial charge on any atom is 0.431 e. The van der Waals surface area contributed by atoms with E-state index in [1.807, 2.05) is 5.43 Å². The van der Waals surface area contributed by atoms with Crippen molar-refractivity contribution in [3.05, 3.63) is 57.6 Å². The molecule has 0 unspecified atom stereocenters. The smallest absolute Gasteiger partial charge is 0.293 e. The average Bonchev–Trinajstić information content (AvgIpc) is 3.25. The Bertz CT molecular complexity index is 942. The summed E-state index contributed by atoms with van der Waals surface area (Å²) in [4.78, 5) is 24.5. The molecule has 0 bridgehead atoms. The SMILES string of the molecule is O=C(C/C(=N/NC(=O)c1cc2ccccc2s1)C(F)(F)F)c1cccs1. The number of carbonyl (C=O) groups is 2. The molecule has 1 amide bonds. The van der Waals surface area contributed by atoms with Gasteiger partial charge in [0, 0.05) is 4.70 Å². The van der Waals surface area contributed by atoms with Gasteiger partial charge >= 0.3 is 6.18 Å². The molecule has 0 saturated carbocycles. The molecule has 3 rings (SSSR count). The summed E-state index contributed by atoms with van der Waals surface area (Å²) < 4.78 is 40.2. The van der Waals surface area contributed by atoms with E-state index in [9.17, 15) is 22.8 Å². The van der Waals surface area contributed by atoms with Gasteiger partial charge in [0.15, 0.2) is 5.78 Å². The first kappa shape index (κ1) is 18.3. The Labute approximate surface area is 154 Å². The largest absolute Gasteiger partial charge is 0.431 e. The van der Waals surface area contributed by atoms with Crippen LogP contribution in [0.1, 0.15) is 25.8 Å². The van der Waals surface area contributed by atoms with Crippen molar-refractivity contribution in [3.8, 4) is 0 Å². The average molecular weight is 396 g/mol. The fraction of sp³-hybridized carbons (Fsp3) is 0.118. The summed E-state index contributed by atoms with van der Waals surface area (Å²) in [5, 5.41) is 5.59. The third-order valence-corrected chi connectivity index (χ3v) is 5.42. The van der Waals surface area contributed by atoms with Gasteiger partial charge in [-0.05, 0) is 29.0 Å². The fourth-order valence-corrected chi connectivity index (χ4v) is 3.76. The summed E-state index contributed by atoms with van der Waals surface area (Å²) in [5.74, 6) is -1.45. The summed E-state index contributed by atoms with van der Waals surface area (Å²) in [6.07, 6.45) is -5.75. The van der Waals surface area contributed by atoms with E-state index in [0.29, 0.717) is 0 Å². The van der Waals surface area contributed by atoms with Gasteiger partial charge in [0.2, 0.25) is 0 Å². The van der Waals surface area contributed by atoms with Crippen LogP contribution in [0, 0.1) is 0 Å².